The molecule has 0 aliphatic carbocycles. The van der Waals surface area contributed by atoms with Crippen LogP contribution in [0.3, 0.4) is 0 Å². The fourth-order valence-electron chi connectivity index (χ4n) is 4.53. The minimum Gasteiger partial charge on any atom is -0.481 e. The number of carbonyl (C=O) groups excluding carboxylic acids is 4. The molecule has 0 saturated heterocycles. The van der Waals surface area contributed by atoms with Gasteiger partial charge in [0.05, 0.1) is 18.8 Å². The van der Waals surface area contributed by atoms with Crippen molar-refractivity contribution < 1.29 is 49.2 Å². The Kier molecular flexibility index (Phi) is 13.9. The summed E-state index contributed by atoms with van der Waals surface area (Å²) in [6.45, 7) is 3.73. The Labute approximate surface area is 259 Å². The maximum atomic E-state index is 13.4. The zero-order valence-electron chi connectivity index (χ0n) is 25.3. The molecule has 16 heteroatoms. The van der Waals surface area contributed by atoms with Crippen LogP contribution in [0.25, 0.3) is 10.9 Å². The standard InChI is InChI=1S/C29H42N6O10/c1-14(2)10-21(33-25(40)18(30)11-16-12-31-19-7-5-4-6-17(16)19)27(42)32-20(8-9-23(38)39)26(41)34-22(13-36)28(43)35-24(15(3)37)29(44)45/h4-7,12,14-15,18,20-22,24,31,36-37H,8-11,13,30H2,1-3H3,(H,32,42)(H,33,40)(H,34,41)(H,35,43)(H,38,39)(H,44,45)/t15-,18+,20+,21+,22+,24+/m1/s1. The van der Waals surface area contributed by atoms with Crippen LogP contribution in [0.2, 0.25) is 0 Å². The number of aliphatic hydroxyl groups is 2. The molecule has 0 spiro atoms. The number of aromatic nitrogens is 1. The van der Waals surface area contributed by atoms with Crippen molar-refractivity contribution in [3.8, 4) is 0 Å². The number of aliphatic carboxylic acids is 2. The molecular formula is C29H42N6O10. The van der Waals surface area contributed by atoms with Gasteiger partial charge in [0.25, 0.3) is 0 Å². The zero-order valence-corrected chi connectivity index (χ0v) is 25.3. The van der Waals surface area contributed by atoms with E-state index in [1.54, 1.807) is 20.0 Å². The monoisotopic (exact) mass is 634 g/mol. The second-order valence-corrected chi connectivity index (χ2v) is 11.2. The summed E-state index contributed by atoms with van der Waals surface area (Å²) in [5, 5.41) is 47.7. The number of nitrogens with one attached hydrogen (secondary N) is 5. The molecule has 0 aliphatic rings. The average molecular weight is 635 g/mol. The van der Waals surface area contributed by atoms with Crippen LogP contribution in [-0.2, 0) is 35.2 Å². The first-order chi connectivity index (χ1) is 21.1. The van der Waals surface area contributed by atoms with E-state index in [2.05, 4.69) is 20.9 Å². The summed E-state index contributed by atoms with van der Waals surface area (Å²) >= 11 is 0. The number of para-hydroxylation sites is 1. The van der Waals surface area contributed by atoms with Crippen molar-refractivity contribution in [3.05, 3.63) is 36.0 Å². The van der Waals surface area contributed by atoms with Crippen LogP contribution in [0.15, 0.2) is 30.5 Å². The van der Waals surface area contributed by atoms with Crippen molar-refractivity contribution in [2.75, 3.05) is 6.61 Å². The summed E-state index contributed by atoms with van der Waals surface area (Å²) < 4.78 is 0. The second kappa shape index (κ2) is 17.1. The van der Waals surface area contributed by atoms with Crippen LogP contribution in [0.1, 0.15) is 45.6 Å². The van der Waals surface area contributed by atoms with Crippen LogP contribution in [0.4, 0.5) is 0 Å². The number of rotatable bonds is 18. The Morgan fingerprint density at radius 3 is 2.00 bits per heavy atom. The lowest BCUT2D eigenvalue weighted by molar-refractivity contribution is -0.145. The Hall–Kier alpha value is -4.54. The number of carboxylic acid groups (broad SMARTS) is 2. The van der Waals surface area contributed by atoms with E-state index in [4.69, 9.17) is 5.73 Å². The van der Waals surface area contributed by atoms with E-state index in [0.717, 1.165) is 23.4 Å². The van der Waals surface area contributed by atoms with Gasteiger partial charge in [-0.05, 0) is 43.7 Å². The molecular weight excluding hydrogens is 592 g/mol. The first-order valence-corrected chi connectivity index (χ1v) is 14.4. The number of aliphatic hydroxyl groups excluding tert-OH is 2. The SMILES string of the molecule is CC(C)C[C@H](NC(=O)[C@@H](N)Cc1c[nH]c2ccccc12)C(=O)N[C@@H](CCC(=O)O)C(=O)N[C@@H](CO)C(=O)N[C@H](C(=O)O)[C@@H](C)O. The number of aromatic amines is 1. The first kappa shape index (κ1) is 36.7. The number of nitrogens with two attached hydrogens (primary N) is 1. The zero-order chi connectivity index (χ0) is 33.8. The maximum Gasteiger partial charge on any atom is 0.328 e. The van der Waals surface area contributed by atoms with Gasteiger partial charge in [0.2, 0.25) is 23.6 Å². The second-order valence-electron chi connectivity index (χ2n) is 11.2. The minimum absolute atomic E-state index is 0.101. The normalized spacial score (nSPS) is 15.3. The van der Waals surface area contributed by atoms with Gasteiger partial charge in [0, 0.05) is 23.5 Å². The summed E-state index contributed by atoms with van der Waals surface area (Å²) in [6.07, 6.45) is -0.435. The Morgan fingerprint density at radius 2 is 1.42 bits per heavy atom. The van der Waals surface area contributed by atoms with Crippen molar-refractivity contribution in [1.29, 1.82) is 0 Å². The van der Waals surface area contributed by atoms with Gasteiger partial charge in [0.1, 0.15) is 18.1 Å². The lowest BCUT2D eigenvalue weighted by atomic mass is 10.0. The number of hydrogen-bond acceptors (Lipinski definition) is 9. The molecule has 1 aromatic heterocycles. The Balaban J connectivity index is 2.16. The molecule has 1 heterocycles. The van der Waals surface area contributed by atoms with E-state index in [1.807, 2.05) is 29.6 Å². The molecule has 1 aromatic carbocycles. The predicted molar refractivity (Wildman–Crippen MR) is 160 cm³/mol. The molecule has 0 bridgehead atoms. The molecule has 11 N–H and O–H groups in total. The molecule has 6 atom stereocenters. The van der Waals surface area contributed by atoms with E-state index >= 15 is 0 Å². The van der Waals surface area contributed by atoms with E-state index in [-0.39, 0.29) is 18.8 Å². The first-order valence-electron chi connectivity index (χ1n) is 14.4. The molecule has 0 aliphatic heterocycles. The summed E-state index contributed by atoms with van der Waals surface area (Å²) in [4.78, 5) is 77.7. The highest BCUT2D eigenvalue weighted by molar-refractivity contribution is 5.96. The van der Waals surface area contributed by atoms with Crippen LogP contribution < -0.4 is 27.0 Å². The van der Waals surface area contributed by atoms with Gasteiger partial charge < -0.3 is 52.4 Å². The molecule has 2 aromatic rings. The van der Waals surface area contributed by atoms with Crippen molar-refractivity contribution in [2.24, 2.45) is 11.7 Å². The van der Waals surface area contributed by atoms with Gasteiger partial charge in [-0.1, -0.05) is 32.0 Å². The van der Waals surface area contributed by atoms with E-state index in [1.165, 1.54) is 0 Å². The van der Waals surface area contributed by atoms with Gasteiger partial charge in [-0.2, -0.15) is 0 Å². The molecule has 0 radical (unpaired) electrons. The van der Waals surface area contributed by atoms with Gasteiger partial charge >= 0.3 is 11.9 Å². The highest BCUT2D eigenvalue weighted by Crippen LogP contribution is 2.19. The largest absolute Gasteiger partial charge is 0.481 e. The lowest BCUT2D eigenvalue weighted by Gasteiger charge is -2.26. The van der Waals surface area contributed by atoms with E-state index in [0.29, 0.717) is 0 Å². The van der Waals surface area contributed by atoms with Crippen LogP contribution in [0, 0.1) is 5.92 Å². The highest BCUT2D eigenvalue weighted by Gasteiger charge is 2.33. The van der Waals surface area contributed by atoms with Crippen LogP contribution in [0.5, 0.6) is 0 Å². The topological polar surface area (TPSA) is 273 Å². The van der Waals surface area contributed by atoms with Crippen molar-refractivity contribution in [3.63, 3.8) is 0 Å². The molecule has 45 heavy (non-hydrogen) atoms. The fourth-order valence-corrected chi connectivity index (χ4v) is 4.53. The molecule has 0 unspecified atom stereocenters. The van der Waals surface area contributed by atoms with Gasteiger partial charge in [-0.3, -0.25) is 24.0 Å². The highest BCUT2D eigenvalue weighted by atomic mass is 16.4. The number of amides is 4. The summed E-state index contributed by atoms with van der Waals surface area (Å²) in [5.74, 6) is -6.58. The number of hydrogen-bond donors (Lipinski definition) is 10. The third kappa shape index (κ3) is 11.2. The lowest BCUT2D eigenvalue weighted by Crippen LogP contribution is -2.60. The Bertz CT molecular complexity index is 1360. The number of benzene rings is 1. The van der Waals surface area contributed by atoms with Gasteiger partial charge in [-0.25, -0.2) is 4.79 Å². The summed E-state index contributed by atoms with van der Waals surface area (Å²) in [7, 11) is 0. The molecule has 4 amide bonds. The molecule has 248 valence electrons. The molecule has 0 fully saturated rings. The minimum atomic E-state index is -1.74. The third-order valence-corrected chi connectivity index (χ3v) is 6.93. The van der Waals surface area contributed by atoms with Crippen molar-refractivity contribution >= 4 is 46.5 Å². The summed E-state index contributed by atoms with van der Waals surface area (Å²) in [6, 6.07) is 0.318. The van der Waals surface area contributed by atoms with Gasteiger partial charge in [0.15, 0.2) is 6.04 Å². The van der Waals surface area contributed by atoms with Crippen molar-refractivity contribution in [1.82, 2.24) is 26.3 Å². The number of carboxylic acids is 2. The maximum absolute atomic E-state index is 13.4. The number of carbonyl (C=O) groups is 6. The molecule has 2 rings (SSSR count). The average Bonchev–Trinajstić information content (AvgIpc) is 3.37. The van der Waals surface area contributed by atoms with E-state index < -0.39 is 91.3 Å². The quantitative estimate of drug-likeness (QED) is 0.0886. The van der Waals surface area contributed by atoms with Crippen LogP contribution >= 0.6 is 0 Å². The summed E-state index contributed by atoms with van der Waals surface area (Å²) in [5.41, 5.74) is 7.85. The van der Waals surface area contributed by atoms with Crippen molar-refractivity contribution in [2.45, 2.75) is 82.8 Å². The van der Waals surface area contributed by atoms with Gasteiger partial charge in [-0.15, -0.1) is 0 Å². The number of H-pyrrole nitrogens is 1. The molecule has 0 saturated carbocycles. The number of fused-ring (bicyclic) bond motifs is 1. The fraction of sp³-hybridized carbons (Fsp3) is 0.517. The Morgan fingerprint density at radius 1 is 0.844 bits per heavy atom. The van der Waals surface area contributed by atoms with Crippen LogP contribution in [-0.4, -0.2) is 104 Å². The predicted octanol–water partition coefficient (Wildman–Crippen LogP) is -1.65. The third-order valence-electron chi connectivity index (χ3n) is 6.93. The van der Waals surface area contributed by atoms with E-state index in [9.17, 15) is 49.2 Å². The smallest absolute Gasteiger partial charge is 0.328 e. The molecule has 16 nitrogen and oxygen atoms in total.